The van der Waals surface area contributed by atoms with Crippen LogP contribution in [0, 0.1) is 18.3 Å². The Labute approximate surface area is 227 Å². The van der Waals surface area contributed by atoms with Gasteiger partial charge < -0.3 is 29.2 Å². The van der Waals surface area contributed by atoms with E-state index in [0.29, 0.717) is 29.4 Å². The molecule has 4 heterocycles. The number of carbonyl (C=O) groups excluding carboxylic acids is 1. The quantitative estimate of drug-likeness (QED) is 0.538. The van der Waals surface area contributed by atoms with Crippen molar-refractivity contribution < 1.29 is 34.0 Å². The highest BCUT2D eigenvalue weighted by Crippen LogP contribution is 2.56. The number of nitrogens with zero attached hydrogens (tertiary/aromatic N) is 3. The van der Waals surface area contributed by atoms with Gasteiger partial charge in [0, 0.05) is 35.2 Å². The van der Waals surface area contributed by atoms with Gasteiger partial charge in [0.25, 0.3) is 0 Å². The lowest BCUT2D eigenvalue weighted by Crippen LogP contribution is -2.74. The Hall–Kier alpha value is -3.36. The number of fused-ring (bicyclic) bond motifs is 8. The summed E-state index contributed by atoms with van der Waals surface area (Å²) in [6.07, 6.45) is 2.25. The Balaban J connectivity index is 1.59. The fourth-order valence-electron chi connectivity index (χ4n) is 7.57. The zero-order valence-corrected chi connectivity index (χ0v) is 22.6. The first-order valence-corrected chi connectivity index (χ1v) is 13.2. The summed E-state index contributed by atoms with van der Waals surface area (Å²) in [5, 5.41) is 33.5. The number of nitriles is 1. The molecule has 1 aliphatic carbocycles. The molecule has 1 unspecified atom stereocenters. The summed E-state index contributed by atoms with van der Waals surface area (Å²) in [5.74, 6) is 1.32. The highest BCUT2D eigenvalue weighted by molar-refractivity contribution is 6.06. The van der Waals surface area contributed by atoms with Gasteiger partial charge in [0.15, 0.2) is 34.4 Å². The summed E-state index contributed by atoms with van der Waals surface area (Å²) in [6, 6.07) is 2.05. The van der Waals surface area contributed by atoms with E-state index in [1.807, 2.05) is 18.9 Å². The van der Waals surface area contributed by atoms with Crippen molar-refractivity contribution in [3.8, 4) is 17.6 Å². The van der Waals surface area contributed by atoms with Crippen LogP contribution in [0.25, 0.3) is 0 Å². The molecule has 4 aliphatic heterocycles. The molecule has 1 aromatic rings. The molecule has 39 heavy (non-hydrogen) atoms. The number of hydrogen-bond donors (Lipinski definition) is 2. The molecular weight excluding hydrogens is 502 g/mol. The van der Waals surface area contributed by atoms with Crippen molar-refractivity contribution in [1.82, 2.24) is 9.80 Å². The zero-order valence-electron chi connectivity index (χ0n) is 22.6. The number of aliphatic hydroxyl groups is 2. The van der Waals surface area contributed by atoms with Crippen LogP contribution in [0.2, 0.25) is 0 Å². The van der Waals surface area contributed by atoms with Gasteiger partial charge in [0.1, 0.15) is 12.6 Å². The number of Topliss-reactive ketones (excluding diaryl/α,β-unsaturated/α-hetero) is 1. The number of aliphatic hydroxyl groups excluding tert-OH is 1. The molecule has 0 radical (unpaired) electrons. The van der Waals surface area contributed by atoms with E-state index in [1.165, 1.54) is 0 Å². The van der Waals surface area contributed by atoms with E-state index in [4.69, 9.17) is 18.9 Å². The van der Waals surface area contributed by atoms with Crippen molar-refractivity contribution in [2.45, 2.75) is 62.5 Å². The van der Waals surface area contributed by atoms with E-state index in [-0.39, 0.29) is 43.1 Å². The number of benzene rings is 1. The third kappa shape index (κ3) is 3.31. The van der Waals surface area contributed by atoms with Crippen LogP contribution in [0.5, 0.6) is 11.5 Å². The average molecular weight is 536 g/mol. The fraction of sp³-hybridized carbons (Fsp3) is 0.517. The summed E-state index contributed by atoms with van der Waals surface area (Å²) < 4.78 is 23.4. The summed E-state index contributed by atoms with van der Waals surface area (Å²) in [7, 11) is 3.57. The Bertz CT molecular complexity index is 1380. The predicted octanol–water partition coefficient (Wildman–Crippen LogP) is 1.65. The third-order valence-corrected chi connectivity index (χ3v) is 9.08. The van der Waals surface area contributed by atoms with Gasteiger partial charge in [-0.15, -0.1) is 0 Å². The van der Waals surface area contributed by atoms with Crippen LogP contribution in [0.1, 0.15) is 36.1 Å². The molecule has 6 atom stereocenters. The fourth-order valence-corrected chi connectivity index (χ4v) is 7.57. The maximum atomic E-state index is 13.8. The number of rotatable bonds is 5. The number of piperidine rings is 1. The summed E-state index contributed by atoms with van der Waals surface area (Å²) in [5.41, 5.74) is 1.49. The topological polar surface area (TPSA) is 125 Å². The Morgan fingerprint density at radius 1 is 1.28 bits per heavy atom. The Morgan fingerprint density at radius 2 is 2.03 bits per heavy atom. The molecule has 1 aromatic carbocycles. The van der Waals surface area contributed by atoms with Crippen molar-refractivity contribution >= 4 is 5.78 Å². The molecule has 10 heteroatoms. The zero-order chi connectivity index (χ0) is 27.8. The standard InChI is InChI=1S/C29H33N3O7/c1-6-7-37-26-21-16(8-14(2)24(26)36-5)9-17-19(11-30)32-18(23(21)31(17)4)10-29(35)22(20(32)12-33)27-25(38-13-39-27)15(3)28(29)34/h6,8,17-20,23,33,35H,1,7,9-10,12-13H2,2-5H3/t17-,18-,19-,20-,23-,29?/m0/s1. The maximum absolute atomic E-state index is 13.8. The SMILES string of the molecule is C=CCOc1c(OC)c(C)cc2c1[C@@H]1[C@@H]3CC4(O)C(=O)C(C)=C5OCOC5=C4[C@H](CO)N3[C@@H](C#N)[C@H](C2)N1C. The maximum Gasteiger partial charge on any atom is 0.231 e. The van der Waals surface area contributed by atoms with Crippen LogP contribution >= 0.6 is 0 Å². The van der Waals surface area contributed by atoms with Gasteiger partial charge in [-0.2, -0.15) is 5.26 Å². The van der Waals surface area contributed by atoms with Gasteiger partial charge in [0.05, 0.1) is 31.9 Å². The summed E-state index contributed by atoms with van der Waals surface area (Å²) in [4.78, 5) is 17.9. The van der Waals surface area contributed by atoms with Crippen LogP contribution < -0.4 is 9.47 Å². The van der Waals surface area contributed by atoms with Crippen LogP contribution in [0.3, 0.4) is 0 Å². The van der Waals surface area contributed by atoms with Gasteiger partial charge in [-0.3, -0.25) is 14.6 Å². The number of piperazine rings is 1. The molecule has 206 valence electrons. The third-order valence-electron chi connectivity index (χ3n) is 9.08. The number of likely N-dealkylation sites (N-methyl/N-ethyl adjacent to an activating group) is 1. The van der Waals surface area contributed by atoms with Crippen molar-refractivity contribution in [3.05, 3.63) is 58.1 Å². The molecule has 2 N–H and O–H groups in total. The number of ether oxygens (including phenoxy) is 4. The van der Waals surface area contributed by atoms with Gasteiger partial charge in [-0.1, -0.05) is 18.7 Å². The number of carbonyl (C=O) groups is 1. The molecule has 0 amide bonds. The highest BCUT2D eigenvalue weighted by atomic mass is 16.7. The number of methoxy groups -OCH3 is 1. The number of hydrogen-bond acceptors (Lipinski definition) is 10. The molecule has 0 aromatic heterocycles. The van der Waals surface area contributed by atoms with Crippen LogP contribution in [0.4, 0.5) is 0 Å². The lowest BCUT2D eigenvalue weighted by molar-refractivity contribution is -0.150. The second-order valence-corrected chi connectivity index (χ2v) is 10.9. The Morgan fingerprint density at radius 3 is 2.69 bits per heavy atom. The van der Waals surface area contributed by atoms with Gasteiger partial charge in [-0.25, -0.2) is 0 Å². The highest BCUT2D eigenvalue weighted by Gasteiger charge is 2.64. The lowest BCUT2D eigenvalue weighted by Gasteiger charge is -2.62. The second-order valence-electron chi connectivity index (χ2n) is 10.9. The smallest absolute Gasteiger partial charge is 0.231 e. The molecule has 2 bridgehead atoms. The van der Waals surface area contributed by atoms with Crippen molar-refractivity contribution in [2.24, 2.45) is 0 Å². The van der Waals surface area contributed by atoms with Gasteiger partial charge in [-0.05, 0) is 38.4 Å². The van der Waals surface area contributed by atoms with E-state index >= 15 is 0 Å². The summed E-state index contributed by atoms with van der Waals surface area (Å²) in [6.45, 7) is 7.15. The van der Waals surface area contributed by atoms with Gasteiger partial charge >= 0.3 is 0 Å². The van der Waals surface area contributed by atoms with E-state index in [0.717, 1.165) is 16.7 Å². The molecular formula is C29H33N3O7. The minimum atomic E-state index is -1.92. The molecule has 10 nitrogen and oxygen atoms in total. The minimum Gasteiger partial charge on any atom is -0.493 e. The van der Waals surface area contributed by atoms with Crippen molar-refractivity contribution in [3.63, 3.8) is 0 Å². The number of aryl methyl sites for hydroxylation is 1. The largest absolute Gasteiger partial charge is 0.493 e. The van der Waals surface area contributed by atoms with E-state index in [9.17, 15) is 20.3 Å². The molecule has 3 fully saturated rings. The van der Waals surface area contributed by atoms with Crippen LogP contribution in [0.15, 0.2) is 41.4 Å². The number of ketones is 1. The van der Waals surface area contributed by atoms with Crippen molar-refractivity contribution in [1.29, 1.82) is 5.26 Å². The summed E-state index contributed by atoms with van der Waals surface area (Å²) >= 11 is 0. The van der Waals surface area contributed by atoms with Crippen LogP contribution in [-0.2, 0) is 20.7 Å². The van der Waals surface area contributed by atoms with Crippen LogP contribution in [-0.4, -0.2) is 89.7 Å². The van der Waals surface area contributed by atoms with E-state index in [2.05, 4.69) is 23.6 Å². The monoisotopic (exact) mass is 535 g/mol. The van der Waals surface area contributed by atoms with E-state index < -0.39 is 36.1 Å². The molecule has 0 spiro atoms. The lowest BCUT2D eigenvalue weighted by atomic mass is 9.65. The Kier molecular flexibility index (Phi) is 6.04. The normalized spacial score (nSPS) is 33.3. The predicted molar refractivity (Wildman–Crippen MR) is 139 cm³/mol. The molecule has 6 rings (SSSR count). The first kappa shape index (κ1) is 25.9. The first-order chi connectivity index (χ1) is 18.7. The second kappa shape index (κ2) is 9.10. The minimum absolute atomic E-state index is 0.00554. The average Bonchev–Trinajstić information content (AvgIpc) is 3.40. The van der Waals surface area contributed by atoms with Gasteiger partial charge in [0.2, 0.25) is 6.79 Å². The molecule has 3 saturated heterocycles. The first-order valence-electron chi connectivity index (χ1n) is 13.2. The van der Waals surface area contributed by atoms with Crippen molar-refractivity contribution in [2.75, 3.05) is 34.2 Å². The van der Waals surface area contributed by atoms with E-state index in [1.54, 1.807) is 20.1 Å². The molecule has 5 aliphatic rings. The molecule has 0 saturated carbocycles.